The van der Waals surface area contributed by atoms with Gasteiger partial charge in [-0.05, 0) is 40.8 Å². The van der Waals surface area contributed by atoms with Gasteiger partial charge in [-0.2, -0.15) is 0 Å². The number of hydrogen-bond acceptors (Lipinski definition) is 3. The molecule has 32 heavy (non-hydrogen) atoms. The minimum absolute atomic E-state index is 0.168. The van der Waals surface area contributed by atoms with Gasteiger partial charge in [0.2, 0.25) is 0 Å². The van der Waals surface area contributed by atoms with Crippen LogP contribution in [0.3, 0.4) is 0 Å². The van der Waals surface area contributed by atoms with Gasteiger partial charge in [-0.15, -0.1) is 0 Å². The SMILES string of the molecule is CC(C)(C)c1ccc(Cc2oc3ccccc3c2N2CCN(c3ccccc3)CC2)cc1. The Morgan fingerprint density at radius 2 is 1.34 bits per heavy atom. The van der Waals surface area contributed by atoms with Crippen LogP contribution in [0.1, 0.15) is 37.7 Å². The molecule has 0 bridgehead atoms. The third-order valence-electron chi connectivity index (χ3n) is 6.54. The lowest BCUT2D eigenvalue weighted by Crippen LogP contribution is -2.46. The molecule has 2 heterocycles. The molecule has 3 aromatic carbocycles. The second-order valence-corrected chi connectivity index (χ2v) is 9.80. The molecule has 1 fully saturated rings. The van der Waals surface area contributed by atoms with Gasteiger partial charge in [-0.3, -0.25) is 0 Å². The van der Waals surface area contributed by atoms with E-state index in [9.17, 15) is 0 Å². The maximum atomic E-state index is 6.41. The number of nitrogens with zero attached hydrogens (tertiary/aromatic N) is 2. The van der Waals surface area contributed by atoms with Crippen molar-refractivity contribution in [2.45, 2.75) is 32.6 Å². The van der Waals surface area contributed by atoms with E-state index < -0.39 is 0 Å². The minimum Gasteiger partial charge on any atom is -0.458 e. The van der Waals surface area contributed by atoms with Crippen molar-refractivity contribution in [3.05, 3.63) is 95.7 Å². The zero-order valence-electron chi connectivity index (χ0n) is 19.3. The van der Waals surface area contributed by atoms with E-state index in [0.29, 0.717) is 0 Å². The number of piperazine rings is 1. The van der Waals surface area contributed by atoms with Gasteiger partial charge < -0.3 is 14.2 Å². The molecule has 1 aliphatic rings. The van der Waals surface area contributed by atoms with Crippen LogP contribution >= 0.6 is 0 Å². The molecular weight excluding hydrogens is 392 g/mol. The average Bonchev–Trinajstić information content (AvgIpc) is 3.17. The Kier molecular flexibility index (Phi) is 5.42. The lowest BCUT2D eigenvalue weighted by atomic mass is 9.86. The van der Waals surface area contributed by atoms with Crippen LogP contribution in [0, 0.1) is 0 Å². The molecule has 1 aliphatic heterocycles. The first-order valence-corrected chi connectivity index (χ1v) is 11.6. The van der Waals surface area contributed by atoms with E-state index in [-0.39, 0.29) is 5.41 Å². The first-order valence-electron chi connectivity index (χ1n) is 11.6. The van der Waals surface area contributed by atoms with Crippen molar-refractivity contribution in [3.63, 3.8) is 0 Å². The Morgan fingerprint density at radius 1 is 0.719 bits per heavy atom. The second kappa shape index (κ2) is 8.38. The highest BCUT2D eigenvalue weighted by molar-refractivity contribution is 5.93. The van der Waals surface area contributed by atoms with Crippen LogP contribution in [0.4, 0.5) is 11.4 Å². The van der Waals surface area contributed by atoms with Crippen molar-refractivity contribution in [1.29, 1.82) is 0 Å². The van der Waals surface area contributed by atoms with Gasteiger partial charge >= 0.3 is 0 Å². The third kappa shape index (κ3) is 4.12. The molecule has 0 saturated carbocycles. The van der Waals surface area contributed by atoms with Crippen molar-refractivity contribution in [1.82, 2.24) is 0 Å². The van der Waals surface area contributed by atoms with E-state index in [1.165, 1.54) is 27.9 Å². The molecular formula is C29H32N2O. The van der Waals surface area contributed by atoms with E-state index in [1.54, 1.807) is 0 Å². The summed E-state index contributed by atoms with van der Waals surface area (Å²) in [4.78, 5) is 4.99. The van der Waals surface area contributed by atoms with Crippen molar-refractivity contribution < 1.29 is 4.42 Å². The van der Waals surface area contributed by atoms with Crippen LogP contribution in [-0.2, 0) is 11.8 Å². The molecule has 3 nitrogen and oxygen atoms in total. The first-order chi connectivity index (χ1) is 15.5. The van der Waals surface area contributed by atoms with E-state index in [1.807, 2.05) is 0 Å². The van der Waals surface area contributed by atoms with E-state index in [0.717, 1.165) is 43.9 Å². The van der Waals surface area contributed by atoms with Gasteiger partial charge in [0.1, 0.15) is 11.3 Å². The van der Waals surface area contributed by atoms with Gasteiger partial charge in [-0.1, -0.05) is 75.4 Å². The molecule has 0 spiro atoms. The van der Waals surface area contributed by atoms with E-state index in [2.05, 4.69) is 109 Å². The molecule has 0 N–H and O–H groups in total. The Hall–Kier alpha value is -3.20. The summed E-state index contributed by atoms with van der Waals surface area (Å²) in [6.45, 7) is 10.8. The molecule has 0 unspecified atom stereocenters. The molecule has 0 radical (unpaired) electrons. The van der Waals surface area contributed by atoms with Gasteiger partial charge in [0.05, 0.1) is 5.69 Å². The highest BCUT2D eigenvalue weighted by atomic mass is 16.3. The lowest BCUT2D eigenvalue weighted by molar-refractivity contribution is 0.556. The quantitative estimate of drug-likeness (QED) is 0.366. The number of benzene rings is 3. The standard InChI is InChI=1S/C29H32N2O/c1-29(2,3)23-15-13-22(14-16-23)21-27-28(25-11-7-8-12-26(25)32-27)31-19-17-30(18-20-31)24-9-5-4-6-10-24/h4-16H,17-21H2,1-3H3. The van der Waals surface area contributed by atoms with Crippen LogP contribution in [0.25, 0.3) is 11.0 Å². The summed E-state index contributed by atoms with van der Waals surface area (Å²) in [5.74, 6) is 1.07. The largest absolute Gasteiger partial charge is 0.458 e. The van der Waals surface area contributed by atoms with Crippen LogP contribution in [-0.4, -0.2) is 26.2 Å². The Labute approximate surface area is 191 Å². The normalized spacial score (nSPS) is 14.8. The monoisotopic (exact) mass is 424 g/mol. The van der Waals surface area contributed by atoms with E-state index >= 15 is 0 Å². The summed E-state index contributed by atoms with van der Waals surface area (Å²) in [5, 5.41) is 1.22. The van der Waals surface area contributed by atoms with Crippen LogP contribution in [0.2, 0.25) is 0 Å². The zero-order chi connectivity index (χ0) is 22.1. The van der Waals surface area contributed by atoms with Crippen molar-refractivity contribution in [3.8, 4) is 0 Å². The molecule has 0 amide bonds. The van der Waals surface area contributed by atoms with Gasteiger partial charge in [-0.25, -0.2) is 0 Å². The number of para-hydroxylation sites is 2. The summed E-state index contributed by atoms with van der Waals surface area (Å²) in [6, 6.07) is 28.2. The third-order valence-corrected chi connectivity index (χ3v) is 6.54. The van der Waals surface area contributed by atoms with Crippen molar-refractivity contribution in [2.75, 3.05) is 36.0 Å². The molecule has 1 saturated heterocycles. The fourth-order valence-corrected chi connectivity index (χ4v) is 4.68. The summed E-state index contributed by atoms with van der Waals surface area (Å²) < 4.78 is 6.41. The highest BCUT2D eigenvalue weighted by Gasteiger charge is 2.24. The topological polar surface area (TPSA) is 19.6 Å². The molecule has 5 rings (SSSR count). The Balaban J connectivity index is 1.41. The van der Waals surface area contributed by atoms with Crippen LogP contribution in [0.15, 0.2) is 83.3 Å². The van der Waals surface area contributed by atoms with Crippen LogP contribution < -0.4 is 9.80 Å². The van der Waals surface area contributed by atoms with Gasteiger partial charge in [0.15, 0.2) is 0 Å². The van der Waals surface area contributed by atoms with Gasteiger partial charge in [0, 0.05) is 43.7 Å². The molecule has 0 aliphatic carbocycles. The lowest BCUT2D eigenvalue weighted by Gasteiger charge is -2.37. The minimum atomic E-state index is 0.168. The second-order valence-electron chi connectivity index (χ2n) is 9.80. The Morgan fingerprint density at radius 3 is 2.03 bits per heavy atom. The number of fused-ring (bicyclic) bond motifs is 1. The maximum absolute atomic E-state index is 6.41. The summed E-state index contributed by atoms with van der Waals surface area (Å²) in [7, 11) is 0. The highest BCUT2D eigenvalue weighted by Crippen LogP contribution is 2.36. The predicted molar refractivity (Wildman–Crippen MR) is 135 cm³/mol. The number of hydrogen-bond donors (Lipinski definition) is 0. The molecule has 3 heteroatoms. The number of rotatable bonds is 4. The van der Waals surface area contributed by atoms with Crippen molar-refractivity contribution in [2.24, 2.45) is 0 Å². The summed E-state index contributed by atoms with van der Waals surface area (Å²) >= 11 is 0. The zero-order valence-corrected chi connectivity index (χ0v) is 19.3. The Bertz CT molecular complexity index is 1180. The first kappa shape index (κ1) is 20.7. The van der Waals surface area contributed by atoms with Crippen molar-refractivity contribution >= 4 is 22.3 Å². The summed E-state index contributed by atoms with van der Waals surface area (Å²) in [5.41, 5.74) is 6.39. The predicted octanol–water partition coefficient (Wildman–Crippen LogP) is 6.65. The number of furan rings is 1. The van der Waals surface area contributed by atoms with Crippen LogP contribution in [0.5, 0.6) is 0 Å². The summed E-state index contributed by atoms with van der Waals surface area (Å²) in [6.07, 6.45) is 0.813. The molecule has 0 atom stereocenters. The molecule has 1 aromatic heterocycles. The fourth-order valence-electron chi connectivity index (χ4n) is 4.68. The fraction of sp³-hybridized carbons (Fsp3) is 0.310. The van der Waals surface area contributed by atoms with Gasteiger partial charge in [0.25, 0.3) is 0 Å². The maximum Gasteiger partial charge on any atom is 0.136 e. The smallest absolute Gasteiger partial charge is 0.136 e. The average molecular weight is 425 g/mol. The molecule has 164 valence electrons. The van der Waals surface area contributed by atoms with E-state index in [4.69, 9.17) is 4.42 Å². The number of anilines is 2. The molecule has 4 aromatic rings.